The normalized spacial score (nSPS) is 10.9. The average Bonchev–Trinajstić information content (AvgIpc) is 2.88. The van der Waals surface area contributed by atoms with Crippen LogP contribution in [0.15, 0.2) is 34.2 Å². The number of anilines is 3. The number of aryl methyl sites for hydroxylation is 1. The van der Waals surface area contributed by atoms with Crippen molar-refractivity contribution in [2.24, 2.45) is 0 Å². The maximum Gasteiger partial charge on any atom is 0.139 e. The fourth-order valence-corrected chi connectivity index (χ4v) is 3.14. The zero-order valence-electron chi connectivity index (χ0n) is 10.6. The van der Waals surface area contributed by atoms with Crippen molar-refractivity contribution < 1.29 is 4.39 Å². The van der Waals surface area contributed by atoms with Crippen molar-refractivity contribution in [3.8, 4) is 0 Å². The van der Waals surface area contributed by atoms with Crippen LogP contribution < -0.4 is 11.1 Å². The molecule has 1 aromatic heterocycles. The van der Waals surface area contributed by atoms with Crippen molar-refractivity contribution in [2.75, 3.05) is 11.1 Å². The number of aromatic nitrogens is 1. The van der Waals surface area contributed by atoms with Crippen LogP contribution >= 0.6 is 27.3 Å². The summed E-state index contributed by atoms with van der Waals surface area (Å²) in [6.45, 7) is 1.91. The van der Waals surface area contributed by atoms with Gasteiger partial charge in [0.1, 0.15) is 11.3 Å². The van der Waals surface area contributed by atoms with Gasteiger partial charge in [-0.15, -0.1) is 11.3 Å². The first-order valence-electron chi connectivity index (χ1n) is 5.90. The van der Waals surface area contributed by atoms with E-state index < -0.39 is 0 Å². The molecule has 0 radical (unpaired) electrons. The highest BCUT2D eigenvalue weighted by Gasteiger charge is 2.10. The lowest BCUT2D eigenvalue weighted by Crippen LogP contribution is -1.99. The number of nitrogens with one attached hydrogen (secondary N) is 1. The van der Waals surface area contributed by atoms with Crippen molar-refractivity contribution in [3.63, 3.8) is 0 Å². The minimum absolute atomic E-state index is 0.314. The lowest BCUT2D eigenvalue weighted by atomic mass is 10.1. The zero-order chi connectivity index (χ0) is 14.3. The van der Waals surface area contributed by atoms with Gasteiger partial charge in [0.15, 0.2) is 0 Å². The molecule has 20 heavy (non-hydrogen) atoms. The number of nitrogen functional groups attached to an aromatic ring is 1. The minimum atomic E-state index is -0.314. The van der Waals surface area contributed by atoms with E-state index in [0.29, 0.717) is 15.8 Å². The molecule has 0 saturated heterocycles. The Hall–Kier alpha value is -1.66. The molecule has 1 heterocycles. The Morgan fingerprint density at radius 3 is 2.90 bits per heavy atom. The SMILES string of the molecule is Cc1cc(Br)c(F)cc1Nc1ccc2scnc2c1N. The van der Waals surface area contributed by atoms with Crippen LogP contribution in [0.1, 0.15) is 5.56 Å². The lowest BCUT2D eigenvalue weighted by molar-refractivity contribution is 0.621. The topological polar surface area (TPSA) is 50.9 Å². The van der Waals surface area contributed by atoms with Gasteiger partial charge >= 0.3 is 0 Å². The Labute approximate surface area is 127 Å². The number of thiazole rings is 1. The van der Waals surface area contributed by atoms with E-state index in [1.807, 2.05) is 19.1 Å². The molecular formula is C14H11BrFN3S. The molecule has 0 atom stereocenters. The number of nitrogens with two attached hydrogens (primary N) is 1. The van der Waals surface area contributed by atoms with Gasteiger partial charge in [0.25, 0.3) is 0 Å². The molecular weight excluding hydrogens is 341 g/mol. The summed E-state index contributed by atoms with van der Waals surface area (Å²) in [5.41, 5.74) is 11.6. The minimum Gasteiger partial charge on any atom is -0.395 e. The molecule has 3 rings (SSSR count). The number of nitrogens with zero attached hydrogens (tertiary/aromatic N) is 1. The van der Waals surface area contributed by atoms with Gasteiger partial charge < -0.3 is 11.1 Å². The quantitative estimate of drug-likeness (QED) is 0.650. The summed E-state index contributed by atoms with van der Waals surface area (Å²) in [5, 5.41) is 3.17. The fraction of sp³-hybridized carbons (Fsp3) is 0.0714. The van der Waals surface area contributed by atoms with Gasteiger partial charge in [0.2, 0.25) is 0 Å². The Morgan fingerprint density at radius 2 is 2.10 bits per heavy atom. The maximum absolute atomic E-state index is 13.6. The van der Waals surface area contributed by atoms with Crippen LogP contribution in [-0.2, 0) is 0 Å². The molecule has 0 aliphatic heterocycles. The molecule has 0 fully saturated rings. The van der Waals surface area contributed by atoms with Crippen LogP contribution in [0.5, 0.6) is 0 Å². The van der Waals surface area contributed by atoms with E-state index in [-0.39, 0.29) is 5.82 Å². The van der Waals surface area contributed by atoms with Gasteiger partial charge in [-0.1, -0.05) is 0 Å². The third-order valence-corrected chi connectivity index (χ3v) is 4.48. The second-order valence-electron chi connectivity index (χ2n) is 4.43. The highest BCUT2D eigenvalue weighted by molar-refractivity contribution is 9.10. The molecule has 102 valence electrons. The summed E-state index contributed by atoms with van der Waals surface area (Å²) in [6, 6.07) is 7.02. The maximum atomic E-state index is 13.6. The van der Waals surface area contributed by atoms with Crippen LogP contribution in [0.4, 0.5) is 21.5 Å². The smallest absolute Gasteiger partial charge is 0.139 e. The Kier molecular flexibility index (Phi) is 3.35. The summed E-state index contributed by atoms with van der Waals surface area (Å²) >= 11 is 4.71. The Bertz CT molecular complexity index is 800. The first kappa shape index (κ1) is 13.3. The third kappa shape index (κ3) is 2.25. The molecule has 0 aliphatic carbocycles. The van der Waals surface area contributed by atoms with Crippen LogP contribution in [0.25, 0.3) is 10.2 Å². The van der Waals surface area contributed by atoms with E-state index in [1.165, 1.54) is 17.4 Å². The monoisotopic (exact) mass is 351 g/mol. The van der Waals surface area contributed by atoms with Crippen LogP contribution in [0.3, 0.4) is 0 Å². The number of fused-ring (bicyclic) bond motifs is 1. The fourth-order valence-electron chi connectivity index (χ4n) is 1.99. The first-order chi connectivity index (χ1) is 9.56. The van der Waals surface area contributed by atoms with Gasteiger partial charge in [-0.05, 0) is 52.7 Å². The molecule has 6 heteroatoms. The van der Waals surface area contributed by atoms with E-state index in [2.05, 4.69) is 26.2 Å². The molecule has 2 aromatic carbocycles. The van der Waals surface area contributed by atoms with Crippen molar-refractivity contribution in [1.82, 2.24) is 4.98 Å². The number of hydrogen-bond acceptors (Lipinski definition) is 4. The second-order valence-corrected chi connectivity index (χ2v) is 6.17. The lowest BCUT2D eigenvalue weighted by Gasteiger charge is -2.13. The van der Waals surface area contributed by atoms with E-state index in [1.54, 1.807) is 11.6 Å². The van der Waals surface area contributed by atoms with Gasteiger partial charge in [-0.25, -0.2) is 9.37 Å². The molecule has 0 spiro atoms. The predicted molar refractivity (Wildman–Crippen MR) is 86.2 cm³/mol. The van der Waals surface area contributed by atoms with Crippen molar-refractivity contribution in [3.05, 3.63) is 45.6 Å². The molecule has 0 unspecified atom stereocenters. The van der Waals surface area contributed by atoms with Crippen molar-refractivity contribution in [2.45, 2.75) is 6.92 Å². The second kappa shape index (κ2) is 5.03. The molecule has 3 nitrogen and oxygen atoms in total. The standard InChI is InChI=1S/C14H11BrFN3S/c1-7-4-8(15)9(16)5-11(7)19-10-2-3-12-14(13(10)17)18-6-20-12/h2-6,19H,17H2,1H3. The number of hydrogen-bond donors (Lipinski definition) is 2. The van der Waals surface area contributed by atoms with Gasteiger partial charge in [-0.3, -0.25) is 0 Å². The summed E-state index contributed by atoms with van der Waals surface area (Å²) < 4.78 is 15.1. The van der Waals surface area contributed by atoms with E-state index in [0.717, 1.165) is 21.5 Å². The van der Waals surface area contributed by atoms with Crippen molar-refractivity contribution in [1.29, 1.82) is 0 Å². The number of benzene rings is 2. The predicted octanol–water partition coefficient (Wildman–Crippen LogP) is 4.83. The average molecular weight is 352 g/mol. The highest BCUT2D eigenvalue weighted by Crippen LogP contribution is 2.33. The third-order valence-electron chi connectivity index (χ3n) is 3.08. The van der Waals surface area contributed by atoms with Gasteiger partial charge in [0.05, 0.1) is 26.1 Å². The van der Waals surface area contributed by atoms with E-state index in [9.17, 15) is 4.39 Å². The van der Waals surface area contributed by atoms with Crippen LogP contribution in [-0.4, -0.2) is 4.98 Å². The van der Waals surface area contributed by atoms with Crippen molar-refractivity contribution >= 4 is 54.5 Å². The molecule has 0 saturated carbocycles. The largest absolute Gasteiger partial charge is 0.395 e. The molecule has 0 aliphatic rings. The van der Waals surface area contributed by atoms with Crippen LogP contribution in [0.2, 0.25) is 0 Å². The van der Waals surface area contributed by atoms with Gasteiger partial charge in [0, 0.05) is 5.69 Å². The van der Waals surface area contributed by atoms with Gasteiger partial charge in [-0.2, -0.15) is 0 Å². The summed E-state index contributed by atoms with van der Waals surface area (Å²) in [7, 11) is 0. The summed E-state index contributed by atoms with van der Waals surface area (Å²) in [5.74, 6) is -0.314. The van der Waals surface area contributed by atoms with Crippen LogP contribution in [0, 0.1) is 12.7 Å². The number of halogens is 2. The molecule has 3 N–H and O–H groups in total. The zero-order valence-corrected chi connectivity index (χ0v) is 13.0. The summed E-state index contributed by atoms with van der Waals surface area (Å²) in [4.78, 5) is 4.25. The highest BCUT2D eigenvalue weighted by atomic mass is 79.9. The molecule has 0 amide bonds. The molecule has 3 aromatic rings. The number of rotatable bonds is 2. The van der Waals surface area contributed by atoms with E-state index >= 15 is 0 Å². The first-order valence-corrected chi connectivity index (χ1v) is 7.58. The molecule has 0 bridgehead atoms. The van der Waals surface area contributed by atoms with E-state index in [4.69, 9.17) is 5.73 Å². The summed E-state index contributed by atoms with van der Waals surface area (Å²) in [6.07, 6.45) is 0. The Morgan fingerprint density at radius 1 is 1.30 bits per heavy atom. The Balaban J connectivity index is 2.05.